The van der Waals surface area contributed by atoms with Crippen molar-refractivity contribution in [1.29, 1.82) is 0 Å². The van der Waals surface area contributed by atoms with E-state index in [1.165, 1.54) is 13.2 Å². The second-order valence-electron chi connectivity index (χ2n) is 4.78. The van der Waals surface area contributed by atoms with Gasteiger partial charge in [-0.25, -0.2) is 9.59 Å². The molecule has 0 aliphatic heterocycles. The summed E-state index contributed by atoms with van der Waals surface area (Å²) in [6.45, 7) is 2.02. The smallest absolute Gasteiger partial charge is 0.355 e. The molecule has 0 radical (unpaired) electrons. The molecule has 22 heavy (non-hydrogen) atoms. The summed E-state index contributed by atoms with van der Waals surface area (Å²) in [5.41, 5.74) is 1.31. The lowest BCUT2D eigenvalue weighted by atomic mass is 10.1. The van der Waals surface area contributed by atoms with Crippen LogP contribution in [0.3, 0.4) is 0 Å². The SMILES string of the molecule is CCOC(=O)c1cc(C(=O)OC)n2ccc3ccccc3c12. The zero-order valence-corrected chi connectivity index (χ0v) is 12.3. The van der Waals surface area contributed by atoms with E-state index in [1.807, 2.05) is 30.3 Å². The number of nitrogens with zero attached hydrogens (tertiary/aromatic N) is 1. The molecule has 0 saturated carbocycles. The fraction of sp³-hybridized carbons (Fsp3) is 0.176. The molecule has 3 aromatic rings. The normalized spacial score (nSPS) is 10.8. The van der Waals surface area contributed by atoms with Crippen molar-refractivity contribution in [2.75, 3.05) is 13.7 Å². The summed E-state index contributed by atoms with van der Waals surface area (Å²) in [5.74, 6) is -0.952. The number of rotatable bonds is 3. The van der Waals surface area contributed by atoms with Crippen molar-refractivity contribution in [3.05, 3.63) is 53.9 Å². The van der Waals surface area contributed by atoms with E-state index >= 15 is 0 Å². The molecule has 0 aliphatic carbocycles. The average molecular weight is 297 g/mol. The van der Waals surface area contributed by atoms with Crippen LogP contribution in [-0.2, 0) is 9.47 Å². The molecule has 0 N–H and O–H groups in total. The predicted octanol–water partition coefficient (Wildman–Crippen LogP) is 3.06. The van der Waals surface area contributed by atoms with Gasteiger partial charge in [-0.05, 0) is 24.4 Å². The molecule has 2 heterocycles. The Balaban J connectivity index is 2.39. The van der Waals surface area contributed by atoms with E-state index in [4.69, 9.17) is 9.47 Å². The van der Waals surface area contributed by atoms with Crippen molar-refractivity contribution in [2.24, 2.45) is 0 Å². The lowest BCUT2D eigenvalue weighted by Crippen LogP contribution is -2.04. The predicted molar refractivity (Wildman–Crippen MR) is 82.2 cm³/mol. The van der Waals surface area contributed by atoms with E-state index in [0.717, 1.165) is 10.8 Å². The monoisotopic (exact) mass is 297 g/mol. The van der Waals surface area contributed by atoms with E-state index in [0.29, 0.717) is 16.8 Å². The molecule has 112 valence electrons. The summed E-state index contributed by atoms with van der Waals surface area (Å²) < 4.78 is 11.6. The van der Waals surface area contributed by atoms with Gasteiger partial charge in [-0.3, -0.25) is 0 Å². The highest BCUT2D eigenvalue weighted by Crippen LogP contribution is 2.27. The first-order chi connectivity index (χ1) is 10.7. The average Bonchev–Trinajstić information content (AvgIpc) is 2.94. The number of fused-ring (bicyclic) bond motifs is 3. The van der Waals surface area contributed by atoms with Crippen molar-refractivity contribution in [3.63, 3.8) is 0 Å². The third-order valence-electron chi connectivity index (χ3n) is 3.55. The van der Waals surface area contributed by atoms with Gasteiger partial charge in [0.25, 0.3) is 0 Å². The minimum atomic E-state index is -0.499. The summed E-state index contributed by atoms with van der Waals surface area (Å²) in [6, 6.07) is 11.1. The number of pyridine rings is 1. The fourth-order valence-corrected chi connectivity index (χ4v) is 2.59. The molecular formula is C17H15NO4. The largest absolute Gasteiger partial charge is 0.464 e. The quantitative estimate of drug-likeness (QED) is 0.697. The molecule has 0 spiro atoms. The zero-order valence-electron chi connectivity index (χ0n) is 12.3. The molecule has 5 heteroatoms. The summed E-state index contributed by atoms with van der Waals surface area (Å²) in [5, 5.41) is 1.86. The lowest BCUT2D eigenvalue weighted by molar-refractivity contribution is 0.0529. The van der Waals surface area contributed by atoms with Crippen molar-refractivity contribution in [3.8, 4) is 0 Å². The molecule has 0 aliphatic rings. The van der Waals surface area contributed by atoms with Crippen LogP contribution in [0.15, 0.2) is 42.6 Å². The van der Waals surface area contributed by atoms with Gasteiger partial charge in [0.2, 0.25) is 0 Å². The van der Waals surface area contributed by atoms with Crippen LogP contribution in [0, 0.1) is 0 Å². The maximum atomic E-state index is 12.2. The Morgan fingerprint density at radius 3 is 2.64 bits per heavy atom. The van der Waals surface area contributed by atoms with Gasteiger partial charge in [-0.1, -0.05) is 24.3 Å². The van der Waals surface area contributed by atoms with Gasteiger partial charge < -0.3 is 13.9 Å². The van der Waals surface area contributed by atoms with Crippen molar-refractivity contribution >= 4 is 28.2 Å². The van der Waals surface area contributed by atoms with Gasteiger partial charge >= 0.3 is 11.9 Å². The van der Waals surface area contributed by atoms with Gasteiger partial charge in [0.1, 0.15) is 5.69 Å². The number of hydrogen-bond acceptors (Lipinski definition) is 4. The Labute approximate surface area is 127 Å². The van der Waals surface area contributed by atoms with Crippen LogP contribution in [0.1, 0.15) is 27.8 Å². The number of hydrogen-bond donors (Lipinski definition) is 0. The molecule has 0 amide bonds. The molecule has 0 atom stereocenters. The first-order valence-electron chi connectivity index (χ1n) is 6.95. The molecule has 0 saturated heterocycles. The van der Waals surface area contributed by atoms with Crippen LogP contribution in [-0.4, -0.2) is 30.1 Å². The second-order valence-corrected chi connectivity index (χ2v) is 4.78. The van der Waals surface area contributed by atoms with Crippen LogP contribution in [0.5, 0.6) is 0 Å². The molecule has 2 aromatic heterocycles. The van der Waals surface area contributed by atoms with Crippen molar-refractivity contribution in [1.82, 2.24) is 4.40 Å². The number of methoxy groups -OCH3 is 1. The van der Waals surface area contributed by atoms with E-state index in [-0.39, 0.29) is 6.61 Å². The zero-order chi connectivity index (χ0) is 15.7. The summed E-state index contributed by atoms with van der Waals surface area (Å²) in [7, 11) is 1.31. The standard InChI is InChI=1S/C17H15NO4/c1-3-22-16(19)13-10-14(17(20)21-2)18-9-8-11-6-4-5-7-12(11)15(13)18/h4-10H,3H2,1-2H3. The van der Waals surface area contributed by atoms with Gasteiger partial charge in [0, 0.05) is 11.6 Å². The topological polar surface area (TPSA) is 57.0 Å². The first-order valence-corrected chi connectivity index (χ1v) is 6.95. The van der Waals surface area contributed by atoms with Crippen molar-refractivity contribution < 1.29 is 19.1 Å². The van der Waals surface area contributed by atoms with Crippen molar-refractivity contribution in [2.45, 2.75) is 6.92 Å². The van der Waals surface area contributed by atoms with E-state index in [9.17, 15) is 9.59 Å². The first kappa shape index (κ1) is 14.1. The van der Waals surface area contributed by atoms with Crippen LogP contribution in [0.4, 0.5) is 0 Å². The molecule has 0 bridgehead atoms. The summed E-state index contributed by atoms with van der Waals surface area (Å²) in [6.07, 6.45) is 1.76. The van der Waals surface area contributed by atoms with Crippen LogP contribution in [0.2, 0.25) is 0 Å². The Hall–Kier alpha value is -2.82. The van der Waals surface area contributed by atoms with Gasteiger partial charge in [-0.15, -0.1) is 0 Å². The maximum absolute atomic E-state index is 12.2. The third-order valence-corrected chi connectivity index (χ3v) is 3.55. The minimum absolute atomic E-state index is 0.272. The Morgan fingerprint density at radius 2 is 1.91 bits per heavy atom. The number of aromatic nitrogens is 1. The summed E-state index contributed by atoms with van der Waals surface area (Å²) in [4.78, 5) is 24.2. The lowest BCUT2D eigenvalue weighted by Gasteiger charge is -2.06. The molecular weight excluding hydrogens is 282 g/mol. The Kier molecular flexibility index (Phi) is 3.55. The fourth-order valence-electron chi connectivity index (χ4n) is 2.59. The van der Waals surface area contributed by atoms with Crippen LogP contribution >= 0.6 is 0 Å². The van der Waals surface area contributed by atoms with Gasteiger partial charge in [0.15, 0.2) is 0 Å². The second kappa shape index (κ2) is 5.52. The Bertz CT molecular complexity index is 879. The third kappa shape index (κ3) is 2.11. The van der Waals surface area contributed by atoms with Gasteiger partial charge in [-0.2, -0.15) is 0 Å². The maximum Gasteiger partial charge on any atom is 0.355 e. The summed E-state index contributed by atoms with van der Waals surface area (Å²) >= 11 is 0. The minimum Gasteiger partial charge on any atom is -0.464 e. The highest BCUT2D eigenvalue weighted by molar-refractivity contribution is 6.10. The van der Waals surface area contributed by atoms with Gasteiger partial charge in [0.05, 0.1) is 24.8 Å². The molecule has 1 aromatic carbocycles. The number of carbonyl (C=O) groups is 2. The molecule has 0 fully saturated rings. The number of benzene rings is 1. The highest BCUT2D eigenvalue weighted by Gasteiger charge is 2.22. The Morgan fingerprint density at radius 1 is 1.14 bits per heavy atom. The molecule has 3 rings (SSSR count). The van der Waals surface area contributed by atoms with E-state index in [1.54, 1.807) is 17.5 Å². The van der Waals surface area contributed by atoms with Crippen LogP contribution < -0.4 is 0 Å². The molecule has 0 unspecified atom stereocenters. The molecule has 5 nitrogen and oxygen atoms in total. The number of esters is 2. The highest BCUT2D eigenvalue weighted by atomic mass is 16.5. The number of carbonyl (C=O) groups excluding carboxylic acids is 2. The van der Waals surface area contributed by atoms with E-state index < -0.39 is 11.9 Å². The van der Waals surface area contributed by atoms with Crippen LogP contribution in [0.25, 0.3) is 16.3 Å². The van der Waals surface area contributed by atoms with E-state index in [2.05, 4.69) is 0 Å². The number of ether oxygens (including phenoxy) is 2.